The maximum Gasteiger partial charge on any atom is 0.311 e. The van der Waals surface area contributed by atoms with Crippen LogP contribution in [-0.4, -0.2) is 31.1 Å². The number of hydrogen-bond acceptors (Lipinski definition) is 4. The van der Waals surface area contributed by atoms with Gasteiger partial charge in [-0.1, -0.05) is 0 Å². The third-order valence-corrected chi connectivity index (χ3v) is 2.02. The van der Waals surface area contributed by atoms with Gasteiger partial charge in [-0.05, 0) is 12.1 Å². The van der Waals surface area contributed by atoms with Crippen molar-refractivity contribution in [3.8, 4) is 11.5 Å². The van der Waals surface area contributed by atoms with Crippen LogP contribution in [-0.2, 0) is 4.79 Å². The van der Waals surface area contributed by atoms with Gasteiger partial charge in [0.25, 0.3) is 0 Å². The van der Waals surface area contributed by atoms with Gasteiger partial charge >= 0.3 is 5.97 Å². The summed E-state index contributed by atoms with van der Waals surface area (Å²) in [5.41, 5.74) is 0.241. The summed E-state index contributed by atoms with van der Waals surface area (Å²) >= 11 is 0. The number of carboxylic acids is 1. The lowest BCUT2D eigenvalue weighted by atomic mass is 10.1. The lowest BCUT2D eigenvalue weighted by Gasteiger charge is -2.08. The molecule has 0 heterocycles. The minimum atomic E-state index is -1.16. The Morgan fingerprint density at radius 1 is 1.25 bits per heavy atom. The van der Waals surface area contributed by atoms with E-state index in [4.69, 9.17) is 14.6 Å². The molecule has 0 fully saturated rings. The van der Waals surface area contributed by atoms with Gasteiger partial charge in [-0.3, -0.25) is 9.59 Å². The molecule has 0 aromatic heterocycles. The number of aliphatic carboxylic acids is 1. The number of carbonyl (C=O) groups excluding carboxylic acids is 1. The lowest BCUT2D eigenvalue weighted by molar-refractivity contribution is -0.135. The molecule has 0 spiro atoms. The van der Waals surface area contributed by atoms with Gasteiger partial charge in [-0.25, -0.2) is 0 Å². The van der Waals surface area contributed by atoms with Gasteiger partial charge in [0, 0.05) is 6.07 Å². The first-order valence-electron chi connectivity index (χ1n) is 4.55. The normalized spacial score (nSPS) is 9.62. The highest BCUT2D eigenvalue weighted by Crippen LogP contribution is 2.25. The number of Topliss-reactive ketones (excluding diaryl/α,β-unsaturated/α-hetero) is 1. The zero-order chi connectivity index (χ0) is 12.1. The van der Waals surface area contributed by atoms with Crippen LogP contribution in [0.1, 0.15) is 16.8 Å². The van der Waals surface area contributed by atoms with Gasteiger partial charge in [-0.2, -0.15) is 0 Å². The van der Waals surface area contributed by atoms with Gasteiger partial charge in [-0.15, -0.1) is 0 Å². The van der Waals surface area contributed by atoms with Gasteiger partial charge in [0.15, 0.2) is 5.78 Å². The van der Waals surface area contributed by atoms with Crippen molar-refractivity contribution >= 4 is 11.8 Å². The van der Waals surface area contributed by atoms with E-state index in [-0.39, 0.29) is 5.56 Å². The van der Waals surface area contributed by atoms with E-state index < -0.39 is 18.2 Å². The first kappa shape index (κ1) is 12.0. The van der Waals surface area contributed by atoms with E-state index in [1.807, 2.05) is 0 Å². The van der Waals surface area contributed by atoms with Crippen LogP contribution < -0.4 is 9.47 Å². The molecule has 0 aliphatic carbocycles. The molecule has 0 aliphatic heterocycles. The summed E-state index contributed by atoms with van der Waals surface area (Å²) in [7, 11) is 2.90. The molecule has 0 saturated carbocycles. The number of ketones is 1. The van der Waals surface area contributed by atoms with Crippen LogP contribution in [0.15, 0.2) is 18.2 Å². The van der Waals surface area contributed by atoms with Crippen molar-refractivity contribution in [2.45, 2.75) is 6.42 Å². The van der Waals surface area contributed by atoms with Crippen molar-refractivity contribution in [2.75, 3.05) is 14.2 Å². The van der Waals surface area contributed by atoms with E-state index in [1.54, 1.807) is 6.07 Å². The topological polar surface area (TPSA) is 72.8 Å². The summed E-state index contributed by atoms with van der Waals surface area (Å²) in [6, 6.07) is 4.61. The monoisotopic (exact) mass is 224 g/mol. The Morgan fingerprint density at radius 2 is 1.94 bits per heavy atom. The largest absolute Gasteiger partial charge is 0.497 e. The zero-order valence-corrected chi connectivity index (χ0v) is 9.02. The second kappa shape index (κ2) is 5.16. The Labute approximate surface area is 92.6 Å². The van der Waals surface area contributed by atoms with E-state index in [2.05, 4.69) is 0 Å². The predicted octanol–water partition coefficient (Wildman–Crippen LogP) is 1.36. The van der Waals surface area contributed by atoms with Crippen molar-refractivity contribution in [3.05, 3.63) is 23.8 Å². The summed E-state index contributed by atoms with van der Waals surface area (Å²) in [6.45, 7) is 0. The lowest BCUT2D eigenvalue weighted by Crippen LogP contribution is -2.08. The van der Waals surface area contributed by atoms with Crippen LogP contribution >= 0.6 is 0 Å². The second-order valence-corrected chi connectivity index (χ2v) is 3.06. The van der Waals surface area contributed by atoms with Gasteiger partial charge < -0.3 is 14.6 Å². The third-order valence-electron chi connectivity index (χ3n) is 2.02. The van der Waals surface area contributed by atoms with E-state index in [1.165, 1.54) is 26.4 Å². The van der Waals surface area contributed by atoms with Crippen LogP contribution in [0.2, 0.25) is 0 Å². The van der Waals surface area contributed by atoms with Crippen LogP contribution in [0.5, 0.6) is 11.5 Å². The predicted molar refractivity (Wildman–Crippen MR) is 56.1 cm³/mol. The summed E-state index contributed by atoms with van der Waals surface area (Å²) in [5, 5.41) is 8.52. The molecule has 0 bridgehead atoms. The van der Waals surface area contributed by atoms with Crippen LogP contribution in [0, 0.1) is 0 Å². The van der Waals surface area contributed by atoms with Crippen molar-refractivity contribution in [1.82, 2.24) is 0 Å². The molecule has 0 radical (unpaired) electrons. The Morgan fingerprint density at radius 3 is 2.44 bits per heavy atom. The number of ether oxygens (including phenoxy) is 2. The minimum absolute atomic E-state index is 0.241. The smallest absolute Gasteiger partial charge is 0.311 e. The first-order chi connectivity index (χ1) is 7.58. The molecule has 1 aromatic carbocycles. The molecule has 1 N–H and O–H groups in total. The Balaban J connectivity index is 3.03. The molecule has 86 valence electrons. The number of benzene rings is 1. The van der Waals surface area contributed by atoms with E-state index in [9.17, 15) is 9.59 Å². The van der Waals surface area contributed by atoms with Crippen molar-refractivity contribution < 1.29 is 24.2 Å². The molecule has 0 saturated heterocycles. The minimum Gasteiger partial charge on any atom is -0.497 e. The average Bonchev–Trinajstić information content (AvgIpc) is 2.27. The number of carboxylic acid groups (broad SMARTS) is 1. The van der Waals surface area contributed by atoms with Gasteiger partial charge in [0.1, 0.15) is 17.9 Å². The number of hydrogen-bond donors (Lipinski definition) is 1. The Kier molecular flexibility index (Phi) is 3.88. The highest BCUT2D eigenvalue weighted by Gasteiger charge is 2.15. The average molecular weight is 224 g/mol. The molecule has 0 atom stereocenters. The molecular formula is C11H12O5. The zero-order valence-electron chi connectivity index (χ0n) is 9.02. The Hall–Kier alpha value is -2.04. The van der Waals surface area contributed by atoms with E-state index in [0.717, 1.165) is 0 Å². The summed E-state index contributed by atoms with van der Waals surface area (Å²) in [4.78, 5) is 22.0. The van der Waals surface area contributed by atoms with Crippen LogP contribution in [0.4, 0.5) is 0 Å². The summed E-state index contributed by atoms with van der Waals surface area (Å²) < 4.78 is 9.96. The van der Waals surface area contributed by atoms with Gasteiger partial charge in [0.05, 0.1) is 19.8 Å². The van der Waals surface area contributed by atoms with Gasteiger partial charge in [0.2, 0.25) is 0 Å². The maximum atomic E-state index is 11.5. The maximum absolute atomic E-state index is 11.5. The fourth-order valence-electron chi connectivity index (χ4n) is 1.26. The highest BCUT2D eigenvalue weighted by atomic mass is 16.5. The van der Waals surface area contributed by atoms with Crippen molar-refractivity contribution in [2.24, 2.45) is 0 Å². The van der Waals surface area contributed by atoms with E-state index in [0.29, 0.717) is 11.5 Å². The molecule has 16 heavy (non-hydrogen) atoms. The summed E-state index contributed by atoms with van der Waals surface area (Å²) in [5.74, 6) is -0.802. The molecule has 0 unspecified atom stereocenters. The van der Waals surface area contributed by atoms with Crippen molar-refractivity contribution in [1.29, 1.82) is 0 Å². The quantitative estimate of drug-likeness (QED) is 0.604. The number of methoxy groups -OCH3 is 2. The molecule has 1 rings (SSSR count). The fourth-order valence-corrected chi connectivity index (χ4v) is 1.26. The summed E-state index contributed by atoms with van der Waals surface area (Å²) in [6.07, 6.45) is -0.553. The molecule has 1 aromatic rings. The van der Waals surface area contributed by atoms with Crippen molar-refractivity contribution in [3.63, 3.8) is 0 Å². The number of carbonyl (C=O) groups is 2. The number of rotatable bonds is 5. The first-order valence-corrected chi connectivity index (χ1v) is 4.55. The molecule has 0 amide bonds. The van der Waals surface area contributed by atoms with Crippen LogP contribution in [0.3, 0.4) is 0 Å². The van der Waals surface area contributed by atoms with Crippen LogP contribution in [0.25, 0.3) is 0 Å². The Bertz CT molecular complexity index is 411. The fraction of sp³-hybridized carbons (Fsp3) is 0.273. The molecular weight excluding hydrogens is 212 g/mol. The molecule has 5 nitrogen and oxygen atoms in total. The molecule has 5 heteroatoms. The molecule has 0 aliphatic rings. The van der Waals surface area contributed by atoms with E-state index >= 15 is 0 Å². The third kappa shape index (κ3) is 2.73. The standard InChI is InChI=1S/C11H12O5/c1-15-7-3-4-8(10(5-7)16-2)9(12)6-11(13)14/h3-5H,6H2,1-2H3,(H,13,14). The SMILES string of the molecule is COc1ccc(C(=O)CC(=O)O)c(OC)c1. The highest BCUT2D eigenvalue weighted by molar-refractivity contribution is 6.07. The second-order valence-electron chi connectivity index (χ2n) is 3.06.